The highest BCUT2D eigenvalue weighted by Crippen LogP contribution is 2.27. The SMILES string of the molecule is CC1(O)CCN(S(=O)(=O)c2cn[nH]c2N)CC1. The summed E-state index contributed by atoms with van der Waals surface area (Å²) in [7, 11) is -3.60. The molecule has 1 aliphatic rings. The predicted octanol–water partition coefficient (Wildman–Crippen LogP) is -0.473. The van der Waals surface area contributed by atoms with Gasteiger partial charge in [0.1, 0.15) is 10.7 Å². The van der Waals surface area contributed by atoms with E-state index < -0.39 is 15.6 Å². The average Bonchev–Trinajstić information content (AvgIpc) is 2.64. The van der Waals surface area contributed by atoms with Gasteiger partial charge in [-0.25, -0.2) is 8.42 Å². The van der Waals surface area contributed by atoms with Crippen LogP contribution in [0.25, 0.3) is 0 Å². The lowest BCUT2D eigenvalue weighted by atomic mass is 9.95. The molecule has 0 bridgehead atoms. The van der Waals surface area contributed by atoms with Gasteiger partial charge in [-0.15, -0.1) is 0 Å². The normalized spacial score (nSPS) is 21.5. The fraction of sp³-hybridized carbons (Fsp3) is 0.667. The molecule has 0 amide bonds. The molecule has 0 spiro atoms. The lowest BCUT2D eigenvalue weighted by molar-refractivity contribution is 0.0126. The number of rotatable bonds is 2. The summed E-state index contributed by atoms with van der Waals surface area (Å²) in [6.45, 7) is 2.29. The fourth-order valence-electron chi connectivity index (χ4n) is 1.84. The van der Waals surface area contributed by atoms with Crippen molar-refractivity contribution < 1.29 is 13.5 Å². The van der Waals surface area contributed by atoms with Gasteiger partial charge in [-0.1, -0.05) is 0 Å². The number of aliphatic hydroxyl groups is 1. The number of anilines is 1. The van der Waals surface area contributed by atoms with Gasteiger partial charge in [0, 0.05) is 13.1 Å². The van der Waals surface area contributed by atoms with E-state index in [1.54, 1.807) is 6.92 Å². The minimum atomic E-state index is -3.60. The third-order valence-corrected chi connectivity index (χ3v) is 4.98. The van der Waals surface area contributed by atoms with Gasteiger partial charge < -0.3 is 10.8 Å². The molecule has 0 atom stereocenters. The van der Waals surface area contributed by atoms with E-state index in [2.05, 4.69) is 10.2 Å². The molecule has 1 saturated heterocycles. The monoisotopic (exact) mass is 260 g/mol. The van der Waals surface area contributed by atoms with Crippen LogP contribution in [0.3, 0.4) is 0 Å². The van der Waals surface area contributed by atoms with E-state index in [-0.39, 0.29) is 10.7 Å². The molecule has 17 heavy (non-hydrogen) atoms. The van der Waals surface area contributed by atoms with Gasteiger partial charge in [0.15, 0.2) is 0 Å². The van der Waals surface area contributed by atoms with Crippen molar-refractivity contribution in [3.8, 4) is 0 Å². The highest BCUT2D eigenvalue weighted by Gasteiger charge is 2.35. The maximum absolute atomic E-state index is 12.2. The quantitative estimate of drug-likeness (QED) is 0.665. The summed E-state index contributed by atoms with van der Waals surface area (Å²) < 4.78 is 25.7. The molecule has 0 saturated carbocycles. The number of H-pyrrole nitrogens is 1. The van der Waals surface area contributed by atoms with E-state index in [4.69, 9.17) is 5.73 Å². The standard InChI is InChI=1S/C9H16N4O3S/c1-9(14)2-4-13(5-3-9)17(15,16)7-6-11-12-8(7)10/h6,14H,2-5H2,1H3,(H3,10,11,12). The van der Waals surface area contributed by atoms with E-state index >= 15 is 0 Å². The number of hydrogen-bond acceptors (Lipinski definition) is 5. The Morgan fingerprint density at radius 3 is 2.59 bits per heavy atom. The Labute approximate surface area is 99.7 Å². The zero-order valence-electron chi connectivity index (χ0n) is 9.55. The van der Waals surface area contributed by atoms with Crippen LogP contribution in [0.1, 0.15) is 19.8 Å². The van der Waals surface area contributed by atoms with E-state index in [0.29, 0.717) is 25.9 Å². The molecule has 0 radical (unpaired) electrons. The summed E-state index contributed by atoms with van der Waals surface area (Å²) in [6.07, 6.45) is 2.05. The second-order valence-electron chi connectivity index (χ2n) is 4.55. The molecule has 7 nitrogen and oxygen atoms in total. The second kappa shape index (κ2) is 3.97. The van der Waals surface area contributed by atoms with Crippen molar-refractivity contribution in [1.82, 2.24) is 14.5 Å². The number of nitrogens with zero attached hydrogens (tertiary/aromatic N) is 2. The first kappa shape index (κ1) is 12.3. The van der Waals surface area contributed by atoms with Crippen molar-refractivity contribution in [2.45, 2.75) is 30.3 Å². The topological polar surface area (TPSA) is 112 Å². The minimum Gasteiger partial charge on any atom is -0.390 e. The number of sulfonamides is 1. The Hall–Kier alpha value is -1.12. The van der Waals surface area contributed by atoms with Crippen LogP contribution < -0.4 is 5.73 Å². The molecule has 1 aromatic heterocycles. The van der Waals surface area contributed by atoms with Gasteiger partial charge in [-0.05, 0) is 19.8 Å². The second-order valence-corrected chi connectivity index (χ2v) is 6.46. The Bertz CT molecular complexity index is 498. The first-order valence-corrected chi connectivity index (χ1v) is 6.78. The van der Waals surface area contributed by atoms with Gasteiger partial charge in [0.2, 0.25) is 10.0 Å². The van der Waals surface area contributed by atoms with Crippen molar-refractivity contribution in [2.75, 3.05) is 18.8 Å². The Morgan fingerprint density at radius 2 is 2.12 bits per heavy atom. The van der Waals surface area contributed by atoms with Crippen LogP contribution >= 0.6 is 0 Å². The van der Waals surface area contributed by atoms with Crippen LogP contribution in [0.4, 0.5) is 5.82 Å². The number of piperidine rings is 1. The van der Waals surface area contributed by atoms with Crippen LogP contribution in [-0.2, 0) is 10.0 Å². The summed E-state index contributed by atoms with van der Waals surface area (Å²) in [6, 6.07) is 0. The van der Waals surface area contributed by atoms with Crippen LogP contribution in [0.5, 0.6) is 0 Å². The Balaban J connectivity index is 2.22. The zero-order valence-corrected chi connectivity index (χ0v) is 10.4. The van der Waals surface area contributed by atoms with E-state index in [1.165, 1.54) is 10.5 Å². The summed E-state index contributed by atoms with van der Waals surface area (Å²) in [4.78, 5) is -0.000886. The molecular weight excluding hydrogens is 244 g/mol. The largest absolute Gasteiger partial charge is 0.390 e. The number of nitrogens with one attached hydrogen (secondary N) is 1. The van der Waals surface area contributed by atoms with E-state index in [1.807, 2.05) is 0 Å². The van der Waals surface area contributed by atoms with Crippen LogP contribution in [0, 0.1) is 0 Å². The van der Waals surface area contributed by atoms with Gasteiger partial charge in [-0.2, -0.15) is 9.40 Å². The number of hydrogen-bond donors (Lipinski definition) is 3. The molecular formula is C9H16N4O3S. The van der Waals surface area contributed by atoms with Crippen molar-refractivity contribution >= 4 is 15.8 Å². The maximum Gasteiger partial charge on any atom is 0.248 e. The van der Waals surface area contributed by atoms with Crippen molar-refractivity contribution in [3.63, 3.8) is 0 Å². The molecule has 0 unspecified atom stereocenters. The lowest BCUT2D eigenvalue weighted by Gasteiger charge is -2.34. The molecule has 2 heterocycles. The highest BCUT2D eigenvalue weighted by molar-refractivity contribution is 7.89. The average molecular weight is 260 g/mol. The minimum absolute atomic E-state index is 0.000886. The fourth-order valence-corrected chi connectivity index (χ4v) is 3.29. The lowest BCUT2D eigenvalue weighted by Crippen LogP contribution is -2.45. The zero-order chi connectivity index (χ0) is 12.7. The molecule has 0 aromatic carbocycles. The molecule has 96 valence electrons. The first-order chi connectivity index (χ1) is 7.83. The molecule has 1 aliphatic heterocycles. The summed E-state index contributed by atoms with van der Waals surface area (Å²) in [5, 5.41) is 15.8. The first-order valence-electron chi connectivity index (χ1n) is 5.34. The van der Waals surface area contributed by atoms with E-state index in [9.17, 15) is 13.5 Å². The third-order valence-electron chi connectivity index (χ3n) is 3.05. The van der Waals surface area contributed by atoms with Gasteiger partial charge in [0.05, 0.1) is 11.8 Å². The number of nitrogens with two attached hydrogens (primary N) is 1. The highest BCUT2D eigenvalue weighted by atomic mass is 32.2. The smallest absolute Gasteiger partial charge is 0.248 e. The van der Waals surface area contributed by atoms with Gasteiger partial charge in [0.25, 0.3) is 0 Å². The Kier molecular flexibility index (Phi) is 2.88. The van der Waals surface area contributed by atoms with Crippen LogP contribution in [0.15, 0.2) is 11.1 Å². The van der Waals surface area contributed by atoms with Crippen molar-refractivity contribution in [1.29, 1.82) is 0 Å². The predicted molar refractivity (Wildman–Crippen MR) is 61.6 cm³/mol. The summed E-state index contributed by atoms with van der Waals surface area (Å²) in [5.74, 6) is 0.0438. The van der Waals surface area contributed by atoms with E-state index in [0.717, 1.165) is 0 Å². The van der Waals surface area contributed by atoms with Crippen molar-refractivity contribution in [2.24, 2.45) is 0 Å². The van der Waals surface area contributed by atoms with Crippen LogP contribution in [-0.4, -0.2) is 46.7 Å². The number of aromatic nitrogens is 2. The summed E-state index contributed by atoms with van der Waals surface area (Å²) in [5.41, 5.74) is 4.73. The number of aromatic amines is 1. The van der Waals surface area contributed by atoms with Crippen molar-refractivity contribution in [3.05, 3.63) is 6.20 Å². The Morgan fingerprint density at radius 1 is 1.53 bits per heavy atom. The summed E-state index contributed by atoms with van der Waals surface area (Å²) >= 11 is 0. The molecule has 1 fully saturated rings. The molecule has 2 rings (SSSR count). The number of nitrogen functional groups attached to an aromatic ring is 1. The van der Waals surface area contributed by atoms with Gasteiger partial charge >= 0.3 is 0 Å². The molecule has 0 aliphatic carbocycles. The van der Waals surface area contributed by atoms with Gasteiger partial charge in [-0.3, -0.25) is 5.10 Å². The third kappa shape index (κ3) is 2.28. The maximum atomic E-state index is 12.2. The molecule has 1 aromatic rings. The van der Waals surface area contributed by atoms with Crippen LogP contribution in [0.2, 0.25) is 0 Å². The molecule has 8 heteroatoms. The molecule has 4 N–H and O–H groups in total.